The molecule has 0 amide bonds. The van der Waals surface area contributed by atoms with Crippen molar-refractivity contribution in [2.24, 2.45) is 0 Å². The van der Waals surface area contributed by atoms with Crippen LogP contribution in [0.2, 0.25) is 0 Å². The van der Waals surface area contributed by atoms with E-state index in [4.69, 9.17) is 0 Å². The van der Waals surface area contributed by atoms with E-state index < -0.39 is 0 Å². The highest BCUT2D eigenvalue weighted by atomic mass is 32.1. The fourth-order valence-electron chi connectivity index (χ4n) is 6.91. The monoisotopic (exact) mass is 606 g/mol. The van der Waals surface area contributed by atoms with Gasteiger partial charge in [-0.3, -0.25) is 0 Å². The molecule has 1 heteroatoms. The molecule has 0 fully saturated rings. The van der Waals surface area contributed by atoms with Crippen LogP contribution in [0.25, 0.3) is 76.5 Å². The lowest BCUT2D eigenvalue weighted by Crippen LogP contribution is -2.32. The molecule has 0 nitrogen and oxygen atoms in total. The highest BCUT2D eigenvalue weighted by molar-refractivity contribution is 7.18. The van der Waals surface area contributed by atoms with Crippen molar-refractivity contribution in [2.45, 2.75) is 19.8 Å². The molecule has 0 spiro atoms. The summed E-state index contributed by atoms with van der Waals surface area (Å²) >= 11 is 1.87. The van der Waals surface area contributed by atoms with Gasteiger partial charge in [0, 0.05) is 9.75 Å². The molecule has 0 aliphatic heterocycles. The summed E-state index contributed by atoms with van der Waals surface area (Å²) in [6.45, 7) is 2.29. The highest BCUT2D eigenvalue weighted by Crippen LogP contribution is 2.38. The number of hydrogen-bond donors (Lipinski definition) is 0. The standard InChI is InChI=1S/C35H26S.C10H8/c1-23-27-14-7-8-16-30(27)35(31-17-9-13-24-10-5-6-15-29(24)31)32-22-26(18-19-28(23)32)34-21-20-33(36-34)25-11-3-2-4-12-25;1-2-6-10-8-4-3-7-9(10)5-1/h2-6,9-22H,7-8H2,1H3;1-8H. The topological polar surface area (TPSA) is 0 Å². The minimum Gasteiger partial charge on any atom is -0.135 e. The molecule has 8 aromatic rings. The first-order valence-corrected chi connectivity index (χ1v) is 16.9. The summed E-state index contributed by atoms with van der Waals surface area (Å²) in [6.07, 6.45) is 7.12. The Morgan fingerprint density at radius 2 is 1.02 bits per heavy atom. The summed E-state index contributed by atoms with van der Waals surface area (Å²) in [5.41, 5.74) is 6.66. The second-order valence-electron chi connectivity index (χ2n) is 12.0. The Hall–Kier alpha value is -5.24. The zero-order chi connectivity index (χ0) is 30.9. The SMILES string of the molecule is Cc1c2c(c(-c3cccc4ccccc34)c3cc(-c4ccc(-c5ccccc5)s4)ccc13)=CCCC=2.c1ccc2ccccc2c1. The van der Waals surface area contributed by atoms with Gasteiger partial charge >= 0.3 is 0 Å². The Labute approximate surface area is 274 Å². The highest BCUT2D eigenvalue weighted by Gasteiger charge is 2.16. The molecule has 0 atom stereocenters. The lowest BCUT2D eigenvalue weighted by Gasteiger charge is -2.17. The van der Waals surface area contributed by atoms with Crippen molar-refractivity contribution in [1.29, 1.82) is 0 Å². The van der Waals surface area contributed by atoms with Crippen molar-refractivity contribution in [1.82, 2.24) is 0 Å². The van der Waals surface area contributed by atoms with Crippen molar-refractivity contribution in [3.05, 3.63) is 168 Å². The smallest absolute Gasteiger partial charge is 0.0349 e. The number of benzene rings is 7. The minimum absolute atomic E-state index is 1.10. The van der Waals surface area contributed by atoms with Gasteiger partial charge in [0.2, 0.25) is 0 Å². The number of aryl methyl sites for hydroxylation is 1. The van der Waals surface area contributed by atoms with Crippen molar-refractivity contribution in [3.8, 4) is 32.0 Å². The summed E-state index contributed by atoms with van der Waals surface area (Å²) in [4.78, 5) is 2.62. The van der Waals surface area contributed by atoms with Gasteiger partial charge in [-0.1, -0.05) is 146 Å². The van der Waals surface area contributed by atoms with Crippen LogP contribution in [0.15, 0.2) is 152 Å². The van der Waals surface area contributed by atoms with E-state index >= 15 is 0 Å². The molecule has 1 heterocycles. The third-order valence-corrected chi connectivity index (χ3v) is 10.4. The van der Waals surface area contributed by atoms with Crippen LogP contribution in [0.1, 0.15) is 18.4 Å². The van der Waals surface area contributed by atoms with Gasteiger partial charge in [0.25, 0.3) is 0 Å². The van der Waals surface area contributed by atoms with E-state index in [1.165, 1.54) is 80.3 Å². The van der Waals surface area contributed by atoms with E-state index in [1.54, 1.807) is 0 Å². The Balaban J connectivity index is 0.000000265. The predicted molar refractivity (Wildman–Crippen MR) is 202 cm³/mol. The van der Waals surface area contributed by atoms with Crippen molar-refractivity contribution < 1.29 is 0 Å². The summed E-state index contributed by atoms with van der Waals surface area (Å²) in [6, 6.07) is 54.5. The fraction of sp³-hybridized carbons (Fsp3) is 0.0667. The van der Waals surface area contributed by atoms with Gasteiger partial charge in [0.1, 0.15) is 0 Å². The number of rotatable bonds is 3. The first-order valence-electron chi connectivity index (χ1n) is 16.1. The Morgan fingerprint density at radius 1 is 0.435 bits per heavy atom. The van der Waals surface area contributed by atoms with Crippen LogP contribution < -0.4 is 10.4 Å². The molecule has 46 heavy (non-hydrogen) atoms. The maximum Gasteiger partial charge on any atom is 0.0349 e. The molecule has 0 saturated carbocycles. The van der Waals surface area contributed by atoms with E-state index in [9.17, 15) is 0 Å². The molecule has 220 valence electrons. The van der Waals surface area contributed by atoms with Crippen LogP contribution in [0.5, 0.6) is 0 Å². The second-order valence-corrected chi connectivity index (χ2v) is 13.1. The van der Waals surface area contributed by atoms with Crippen molar-refractivity contribution in [2.75, 3.05) is 0 Å². The molecule has 0 radical (unpaired) electrons. The van der Waals surface area contributed by atoms with Crippen LogP contribution in [0, 0.1) is 6.92 Å². The van der Waals surface area contributed by atoms with Gasteiger partial charge in [-0.05, 0) is 109 Å². The Kier molecular flexibility index (Phi) is 7.54. The molecular formula is C45H34S. The summed E-state index contributed by atoms with van der Waals surface area (Å²) in [7, 11) is 0. The zero-order valence-electron chi connectivity index (χ0n) is 25.9. The summed E-state index contributed by atoms with van der Waals surface area (Å²) in [5.74, 6) is 0. The lowest BCUT2D eigenvalue weighted by atomic mass is 9.86. The van der Waals surface area contributed by atoms with E-state index in [2.05, 4.69) is 171 Å². The van der Waals surface area contributed by atoms with Crippen molar-refractivity contribution >= 4 is 55.8 Å². The second kappa shape index (κ2) is 12.3. The minimum atomic E-state index is 1.10. The third-order valence-electron chi connectivity index (χ3n) is 9.19. The van der Waals surface area contributed by atoms with Gasteiger partial charge in [-0.15, -0.1) is 11.3 Å². The van der Waals surface area contributed by atoms with E-state index in [1.807, 2.05) is 11.3 Å². The Bertz CT molecular complexity index is 2410. The fourth-order valence-corrected chi connectivity index (χ4v) is 7.91. The first-order chi connectivity index (χ1) is 22.7. The van der Waals surface area contributed by atoms with Crippen LogP contribution in [-0.4, -0.2) is 0 Å². The maximum atomic E-state index is 2.46. The molecule has 9 rings (SSSR count). The largest absolute Gasteiger partial charge is 0.135 e. The third kappa shape index (κ3) is 5.23. The molecule has 1 aliphatic carbocycles. The van der Waals surface area contributed by atoms with E-state index in [-0.39, 0.29) is 0 Å². The normalized spacial score (nSPS) is 12.2. The molecule has 0 unspecified atom stereocenters. The Morgan fingerprint density at radius 3 is 1.74 bits per heavy atom. The molecule has 0 bridgehead atoms. The van der Waals surface area contributed by atoms with Crippen LogP contribution in [-0.2, 0) is 0 Å². The van der Waals surface area contributed by atoms with Gasteiger partial charge in [-0.2, -0.15) is 0 Å². The number of fused-ring (bicyclic) bond motifs is 4. The quantitative estimate of drug-likeness (QED) is 0.188. The van der Waals surface area contributed by atoms with E-state index in [0.29, 0.717) is 0 Å². The molecule has 7 aromatic carbocycles. The van der Waals surface area contributed by atoms with Crippen LogP contribution in [0.3, 0.4) is 0 Å². The van der Waals surface area contributed by atoms with E-state index in [0.717, 1.165) is 12.8 Å². The lowest BCUT2D eigenvalue weighted by molar-refractivity contribution is 1.11. The van der Waals surface area contributed by atoms with Crippen molar-refractivity contribution in [3.63, 3.8) is 0 Å². The molecule has 0 N–H and O–H groups in total. The maximum absolute atomic E-state index is 2.46. The summed E-state index contributed by atoms with van der Waals surface area (Å²) < 4.78 is 0. The van der Waals surface area contributed by atoms with Crippen LogP contribution >= 0.6 is 11.3 Å². The van der Waals surface area contributed by atoms with Gasteiger partial charge < -0.3 is 0 Å². The summed E-state index contributed by atoms with van der Waals surface area (Å²) in [5, 5.41) is 10.7. The van der Waals surface area contributed by atoms with Crippen LogP contribution in [0.4, 0.5) is 0 Å². The average Bonchev–Trinajstić information content (AvgIpc) is 3.63. The number of thiophene rings is 1. The van der Waals surface area contributed by atoms with Gasteiger partial charge in [0.15, 0.2) is 0 Å². The molecule has 1 aliphatic rings. The first kappa shape index (κ1) is 28.2. The molecule has 0 saturated heterocycles. The molecule has 1 aromatic heterocycles. The predicted octanol–water partition coefficient (Wildman–Crippen LogP) is 11.6. The zero-order valence-corrected chi connectivity index (χ0v) is 26.7. The molecular weight excluding hydrogens is 573 g/mol. The van der Waals surface area contributed by atoms with Gasteiger partial charge in [-0.25, -0.2) is 0 Å². The number of hydrogen-bond acceptors (Lipinski definition) is 1. The average molecular weight is 607 g/mol. The van der Waals surface area contributed by atoms with Gasteiger partial charge in [0.05, 0.1) is 0 Å².